The third-order valence-electron chi connectivity index (χ3n) is 1.23. The van der Waals surface area contributed by atoms with Gasteiger partial charge in [0.05, 0.1) is 0 Å². The summed E-state index contributed by atoms with van der Waals surface area (Å²) in [4.78, 5) is 27.3. The third-order valence-corrected chi connectivity index (χ3v) is 1.23. The van der Waals surface area contributed by atoms with Crippen molar-refractivity contribution in [2.45, 2.75) is 40.5 Å². The molecule has 0 aromatic rings. The van der Waals surface area contributed by atoms with Gasteiger partial charge in [-0.25, -0.2) is 19.4 Å². The molecule has 1 aliphatic heterocycles. The SMILES string of the molecule is C1CCNC1.CC.CC(=O)OOC(C)=O. The molecule has 0 saturated carbocycles. The molecule has 0 spiro atoms. The van der Waals surface area contributed by atoms with Crippen LogP contribution in [0.3, 0.4) is 0 Å². The van der Waals surface area contributed by atoms with E-state index in [9.17, 15) is 9.59 Å². The van der Waals surface area contributed by atoms with Gasteiger partial charge >= 0.3 is 11.9 Å². The molecule has 1 rings (SSSR count). The van der Waals surface area contributed by atoms with Crippen molar-refractivity contribution in [3.8, 4) is 0 Å². The van der Waals surface area contributed by atoms with Crippen LogP contribution in [0, 0.1) is 0 Å². The van der Waals surface area contributed by atoms with E-state index in [0.29, 0.717) is 0 Å². The molecule has 15 heavy (non-hydrogen) atoms. The molecule has 1 heterocycles. The highest BCUT2D eigenvalue weighted by Crippen LogP contribution is 1.90. The molecule has 5 nitrogen and oxygen atoms in total. The highest BCUT2D eigenvalue weighted by atomic mass is 17.2. The molecule has 0 aromatic heterocycles. The molecule has 0 unspecified atom stereocenters. The van der Waals surface area contributed by atoms with Crippen LogP contribution in [-0.4, -0.2) is 25.0 Å². The van der Waals surface area contributed by atoms with Crippen molar-refractivity contribution in [2.24, 2.45) is 0 Å². The van der Waals surface area contributed by atoms with E-state index in [0.717, 1.165) is 13.8 Å². The van der Waals surface area contributed by atoms with E-state index < -0.39 is 11.9 Å². The van der Waals surface area contributed by atoms with Crippen LogP contribution in [0.1, 0.15) is 40.5 Å². The van der Waals surface area contributed by atoms with Gasteiger partial charge in [-0.2, -0.15) is 0 Å². The summed E-state index contributed by atoms with van der Waals surface area (Å²) in [5, 5.41) is 3.22. The Kier molecular flexibility index (Phi) is 14.0. The number of carbonyl (C=O) groups excluding carboxylic acids is 2. The summed E-state index contributed by atoms with van der Waals surface area (Å²) in [5.41, 5.74) is 0. The predicted molar refractivity (Wildman–Crippen MR) is 57.0 cm³/mol. The molecule has 1 N–H and O–H groups in total. The first-order valence-electron chi connectivity index (χ1n) is 5.19. The fourth-order valence-electron chi connectivity index (χ4n) is 0.742. The fourth-order valence-corrected chi connectivity index (χ4v) is 0.742. The van der Waals surface area contributed by atoms with Crippen molar-refractivity contribution in [3.05, 3.63) is 0 Å². The minimum Gasteiger partial charge on any atom is -0.317 e. The quantitative estimate of drug-likeness (QED) is 0.493. The second kappa shape index (κ2) is 12.9. The Bertz CT molecular complexity index is 145. The smallest absolute Gasteiger partial charge is 0.317 e. The zero-order valence-corrected chi connectivity index (χ0v) is 9.96. The summed E-state index contributed by atoms with van der Waals surface area (Å²) in [7, 11) is 0. The first-order valence-corrected chi connectivity index (χ1v) is 5.19. The van der Waals surface area contributed by atoms with Gasteiger partial charge in [0.2, 0.25) is 0 Å². The topological polar surface area (TPSA) is 64.6 Å². The van der Waals surface area contributed by atoms with Crippen molar-refractivity contribution in [3.63, 3.8) is 0 Å². The van der Waals surface area contributed by atoms with E-state index in [4.69, 9.17) is 0 Å². The highest BCUT2D eigenvalue weighted by molar-refractivity contribution is 5.69. The summed E-state index contributed by atoms with van der Waals surface area (Å²) in [6, 6.07) is 0. The van der Waals surface area contributed by atoms with E-state index in [-0.39, 0.29) is 0 Å². The predicted octanol–water partition coefficient (Wildman–Crippen LogP) is 1.42. The largest absolute Gasteiger partial charge is 0.352 e. The first-order chi connectivity index (χ1) is 7.13. The van der Waals surface area contributed by atoms with E-state index in [1.807, 2.05) is 13.8 Å². The lowest BCUT2D eigenvalue weighted by Gasteiger charge is -1.93. The number of rotatable bonds is 0. The Hall–Kier alpha value is -1.10. The number of nitrogens with one attached hydrogen (secondary N) is 1. The molecule has 0 atom stereocenters. The van der Waals surface area contributed by atoms with Gasteiger partial charge in [-0.3, -0.25) is 0 Å². The van der Waals surface area contributed by atoms with Crippen LogP contribution in [0.4, 0.5) is 0 Å². The zero-order chi connectivity index (χ0) is 12.1. The summed E-state index contributed by atoms with van der Waals surface area (Å²) >= 11 is 0. The van der Waals surface area contributed by atoms with Crippen molar-refractivity contribution >= 4 is 11.9 Å². The summed E-state index contributed by atoms with van der Waals surface area (Å²) < 4.78 is 0. The van der Waals surface area contributed by atoms with Crippen LogP contribution in [-0.2, 0) is 19.4 Å². The molecule has 1 saturated heterocycles. The summed E-state index contributed by atoms with van der Waals surface area (Å²) in [6.45, 7) is 8.78. The van der Waals surface area contributed by atoms with E-state index in [1.54, 1.807) is 0 Å². The molecular formula is C10H21NO4. The van der Waals surface area contributed by atoms with Gasteiger partial charge in [0, 0.05) is 13.8 Å². The van der Waals surface area contributed by atoms with E-state index in [2.05, 4.69) is 15.1 Å². The lowest BCUT2D eigenvalue weighted by Crippen LogP contribution is -2.03. The Balaban J connectivity index is 0. The van der Waals surface area contributed by atoms with Gasteiger partial charge in [-0.05, 0) is 25.9 Å². The Morgan fingerprint density at radius 3 is 1.40 bits per heavy atom. The molecule has 0 amide bonds. The molecule has 1 aliphatic rings. The second-order valence-corrected chi connectivity index (χ2v) is 2.61. The van der Waals surface area contributed by atoms with Gasteiger partial charge in [-0.1, -0.05) is 13.8 Å². The molecule has 5 heteroatoms. The lowest BCUT2D eigenvalue weighted by atomic mass is 10.4. The van der Waals surface area contributed by atoms with Gasteiger partial charge in [0.15, 0.2) is 0 Å². The van der Waals surface area contributed by atoms with Crippen LogP contribution < -0.4 is 5.32 Å². The molecule has 1 fully saturated rings. The molecular weight excluding hydrogens is 198 g/mol. The van der Waals surface area contributed by atoms with E-state index >= 15 is 0 Å². The molecule has 0 radical (unpaired) electrons. The van der Waals surface area contributed by atoms with Crippen molar-refractivity contribution in [1.29, 1.82) is 0 Å². The third kappa shape index (κ3) is 19.3. The van der Waals surface area contributed by atoms with Gasteiger partial charge in [-0.15, -0.1) is 0 Å². The minimum atomic E-state index is -0.639. The van der Waals surface area contributed by atoms with Crippen molar-refractivity contribution in [1.82, 2.24) is 5.32 Å². The Labute approximate surface area is 91.1 Å². The molecule has 0 bridgehead atoms. The highest BCUT2D eigenvalue weighted by Gasteiger charge is 1.95. The Morgan fingerprint density at radius 1 is 0.933 bits per heavy atom. The van der Waals surface area contributed by atoms with Gasteiger partial charge in [0.25, 0.3) is 0 Å². The van der Waals surface area contributed by atoms with E-state index in [1.165, 1.54) is 25.9 Å². The van der Waals surface area contributed by atoms with Crippen LogP contribution in [0.25, 0.3) is 0 Å². The molecule has 90 valence electrons. The maximum atomic E-state index is 9.85. The average molecular weight is 219 g/mol. The van der Waals surface area contributed by atoms with Gasteiger partial charge in [0.1, 0.15) is 0 Å². The number of hydrogen-bond acceptors (Lipinski definition) is 5. The standard InChI is InChI=1S/C4H9N.C4H6O4.C2H6/c1-2-4-5-3-1;1-3(5)7-8-4(2)6;1-2/h5H,1-4H2;1-2H3;1-2H3. The van der Waals surface area contributed by atoms with Crippen LogP contribution >= 0.6 is 0 Å². The molecule has 0 aliphatic carbocycles. The Morgan fingerprint density at radius 2 is 1.27 bits per heavy atom. The zero-order valence-electron chi connectivity index (χ0n) is 9.96. The van der Waals surface area contributed by atoms with Crippen molar-refractivity contribution in [2.75, 3.05) is 13.1 Å². The maximum absolute atomic E-state index is 9.85. The molecule has 0 aromatic carbocycles. The summed E-state index contributed by atoms with van der Waals surface area (Å²) in [6.07, 6.45) is 2.78. The fraction of sp³-hybridized carbons (Fsp3) is 0.800. The first kappa shape index (κ1) is 16.3. The van der Waals surface area contributed by atoms with Crippen LogP contribution in [0.5, 0.6) is 0 Å². The van der Waals surface area contributed by atoms with Gasteiger partial charge < -0.3 is 5.32 Å². The van der Waals surface area contributed by atoms with Crippen LogP contribution in [0.2, 0.25) is 0 Å². The average Bonchev–Trinajstić information content (AvgIpc) is 2.76. The van der Waals surface area contributed by atoms with Crippen molar-refractivity contribution < 1.29 is 19.4 Å². The lowest BCUT2D eigenvalue weighted by molar-refractivity contribution is -0.255. The number of hydrogen-bond donors (Lipinski definition) is 1. The monoisotopic (exact) mass is 219 g/mol. The normalized spacial score (nSPS) is 12.5. The summed E-state index contributed by atoms with van der Waals surface area (Å²) in [5.74, 6) is -1.28. The number of carbonyl (C=O) groups is 2. The maximum Gasteiger partial charge on any atom is 0.352 e. The minimum absolute atomic E-state index is 0.639. The second-order valence-electron chi connectivity index (χ2n) is 2.61. The van der Waals surface area contributed by atoms with Crippen LogP contribution in [0.15, 0.2) is 0 Å².